The normalized spacial score (nSPS) is 23.1. The third-order valence-electron chi connectivity index (χ3n) is 4.44. The number of nitrogens with zero attached hydrogens (tertiary/aromatic N) is 3. The van der Waals surface area contributed by atoms with Crippen LogP contribution in [0.1, 0.15) is 24.4 Å². The Morgan fingerprint density at radius 3 is 2.57 bits per heavy atom. The molecule has 0 saturated carbocycles. The zero-order valence-electron chi connectivity index (χ0n) is 12.5. The fourth-order valence-electron chi connectivity index (χ4n) is 3.26. The van der Waals surface area contributed by atoms with Crippen LogP contribution in [0.5, 0.6) is 0 Å². The number of likely N-dealkylation sites (N-methyl/N-ethyl adjacent to an activating group) is 1. The van der Waals surface area contributed by atoms with E-state index in [2.05, 4.69) is 4.90 Å². The molecule has 2 aliphatic heterocycles. The summed E-state index contributed by atoms with van der Waals surface area (Å²) in [7, 11) is 3.95. The van der Waals surface area contributed by atoms with Crippen LogP contribution in [-0.2, 0) is 4.79 Å². The fourth-order valence-corrected chi connectivity index (χ4v) is 3.26. The van der Waals surface area contributed by atoms with E-state index < -0.39 is 0 Å². The lowest BCUT2D eigenvalue weighted by Crippen LogP contribution is -2.40. The first kappa shape index (κ1) is 14.1. The van der Waals surface area contributed by atoms with Gasteiger partial charge in [-0.25, -0.2) is 4.79 Å². The summed E-state index contributed by atoms with van der Waals surface area (Å²) in [4.78, 5) is 30.0. The van der Waals surface area contributed by atoms with Crippen LogP contribution in [0.3, 0.4) is 0 Å². The van der Waals surface area contributed by atoms with E-state index in [0.717, 1.165) is 18.4 Å². The number of hydrogen-bond acceptors (Lipinski definition) is 3. The Kier molecular flexibility index (Phi) is 3.68. The van der Waals surface area contributed by atoms with E-state index in [-0.39, 0.29) is 24.0 Å². The molecular weight excluding hydrogens is 266 g/mol. The smallest absolute Gasteiger partial charge is 0.312 e. The first-order chi connectivity index (χ1) is 10.1. The van der Waals surface area contributed by atoms with Crippen LogP contribution in [0.25, 0.3) is 0 Å². The molecule has 0 N–H and O–H groups in total. The van der Waals surface area contributed by atoms with Crippen molar-refractivity contribution in [2.75, 3.05) is 27.2 Å². The van der Waals surface area contributed by atoms with Crippen molar-refractivity contribution in [1.29, 1.82) is 0 Å². The highest BCUT2D eigenvalue weighted by Gasteiger charge is 2.47. The Morgan fingerprint density at radius 1 is 1.24 bits per heavy atom. The van der Waals surface area contributed by atoms with E-state index in [0.29, 0.717) is 13.1 Å². The van der Waals surface area contributed by atoms with Crippen molar-refractivity contribution in [3.63, 3.8) is 0 Å². The molecule has 21 heavy (non-hydrogen) atoms. The molecule has 112 valence electrons. The summed E-state index contributed by atoms with van der Waals surface area (Å²) in [5.74, 6) is -0.0275. The summed E-state index contributed by atoms with van der Waals surface area (Å²) in [6.45, 7) is 1.13. The maximum Gasteiger partial charge on any atom is 0.327 e. The number of carbonyl (C=O) groups excluding carboxylic acids is 2. The summed E-state index contributed by atoms with van der Waals surface area (Å²) in [5, 5.41) is 0. The Balaban J connectivity index is 1.81. The molecule has 2 saturated heterocycles. The van der Waals surface area contributed by atoms with Crippen molar-refractivity contribution in [2.45, 2.75) is 24.9 Å². The maximum absolute atomic E-state index is 12.4. The van der Waals surface area contributed by atoms with Gasteiger partial charge >= 0.3 is 6.03 Å². The second-order valence-corrected chi connectivity index (χ2v) is 5.97. The van der Waals surface area contributed by atoms with Gasteiger partial charge in [-0.15, -0.1) is 0 Å². The highest BCUT2D eigenvalue weighted by Crippen LogP contribution is 2.29. The second-order valence-electron chi connectivity index (χ2n) is 5.97. The van der Waals surface area contributed by atoms with Gasteiger partial charge in [-0.1, -0.05) is 30.3 Å². The first-order valence-electron chi connectivity index (χ1n) is 7.43. The van der Waals surface area contributed by atoms with Crippen molar-refractivity contribution < 1.29 is 9.59 Å². The number of fused-ring (bicyclic) bond motifs is 1. The van der Waals surface area contributed by atoms with Crippen molar-refractivity contribution in [3.05, 3.63) is 35.9 Å². The lowest BCUT2D eigenvalue weighted by Gasteiger charge is -2.28. The number of imide groups is 1. The van der Waals surface area contributed by atoms with E-state index in [1.54, 1.807) is 4.90 Å². The van der Waals surface area contributed by atoms with Gasteiger partial charge in [-0.05, 0) is 32.5 Å². The number of hydrogen-bond donors (Lipinski definition) is 0. The van der Waals surface area contributed by atoms with Gasteiger partial charge in [0.15, 0.2) is 0 Å². The van der Waals surface area contributed by atoms with Gasteiger partial charge in [-0.3, -0.25) is 9.69 Å². The van der Waals surface area contributed by atoms with Crippen LogP contribution in [0.15, 0.2) is 30.3 Å². The maximum atomic E-state index is 12.4. The average Bonchev–Trinajstić information content (AvgIpc) is 3.03. The largest absolute Gasteiger partial charge is 0.327 e. The van der Waals surface area contributed by atoms with Gasteiger partial charge in [0.1, 0.15) is 6.04 Å². The van der Waals surface area contributed by atoms with Crippen LogP contribution < -0.4 is 0 Å². The molecule has 0 aliphatic carbocycles. The van der Waals surface area contributed by atoms with Crippen LogP contribution in [0.4, 0.5) is 4.79 Å². The molecule has 0 unspecified atom stereocenters. The molecule has 3 amide bonds. The van der Waals surface area contributed by atoms with Crippen molar-refractivity contribution >= 4 is 11.9 Å². The van der Waals surface area contributed by atoms with Gasteiger partial charge in [0.05, 0.1) is 12.6 Å². The van der Waals surface area contributed by atoms with Crippen molar-refractivity contribution in [1.82, 2.24) is 14.7 Å². The second kappa shape index (κ2) is 5.48. The molecular formula is C16H21N3O2. The van der Waals surface area contributed by atoms with E-state index in [1.807, 2.05) is 44.4 Å². The van der Waals surface area contributed by atoms with Crippen molar-refractivity contribution in [3.8, 4) is 0 Å². The van der Waals surface area contributed by atoms with Crippen LogP contribution in [0, 0.1) is 0 Å². The molecule has 1 aromatic rings. The van der Waals surface area contributed by atoms with Gasteiger partial charge in [-0.2, -0.15) is 0 Å². The molecule has 2 atom stereocenters. The molecule has 0 bridgehead atoms. The quantitative estimate of drug-likeness (QED) is 0.792. The molecule has 1 aromatic carbocycles. The van der Waals surface area contributed by atoms with Crippen LogP contribution in [-0.4, -0.2) is 59.9 Å². The zero-order valence-corrected chi connectivity index (χ0v) is 12.5. The van der Waals surface area contributed by atoms with Crippen LogP contribution in [0.2, 0.25) is 0 Å². The zero-order chi connectivity index (χ0) is 15.0. The third-order valence-corrected chi connectivity index (χ3v) is 4.44. The molecule has 0 radical (unpaired) electrons. The minimum absolute atomic E-state index is 0.0270. The molecule has 0 aromatic heterocycles. The monoisotopic (exact) mass is 287 g/mol. The topological polar surface area (TPSA) is 43.9 Å². The number of benzene rings is 1. The molecule has 2 heterocycles. The number of carbonyl (C=O) groups is 2. The summed E-state index contributed by atoms with van der Waals surface area (Å²) >= 11 is 0. The molecule has 2 fully saturated rings. The third kappa shape index (κ3) is 2.42. The van der Waals surface area contributed by atoms with Gasteiger partial charge in [0.2, 0.25) is 0 Å². The number of amides is 3. The predicted octanol–water partition coefficient (Wildman–Crippen LogP) is 1.72. The van der Waals surface area contributed by atoms with Gasteiger partial charge in [0, 0.05) is 6.54 Å². The standard InChI is InChI=1S/C16H21N3O2/c1-17(2)14(12-7-4-3-5-8-12)11-19-15(20)13-9-6-10-18(13)16(19)21/h3-5,7-8,13-14H,6,9-11H2,1-2H3/t13-,14+/m1/s1. The minimum atomic E-state index is -0.212. The summed E-state index contributed by atoms with van der Waals surface area (Å²) in [6.07, 6.45) is 1.74. The minimum Gasteiger partial charge on any atom is -0.312 e. The summed E-state index contributed by atoms with van der Waals surface area (Å²) < 4.78 is 0. The lowest BCUT2D eigenvalue weighted by molar-refractivity contribution is -0.128. The average molecular weight is 287 g/mol. The Labute approximate surface area is 125 Å². The van der Waals surface area contributed by atoms with E-state index in [4.69, 9.17) is 0 Å². The lowest BCUT2D eigenvalue weighted by atomic mass is 10.1. The molecule has 0 spiro atoms. The highest BCUT2D eigenvalue weighted by molar-refractivity contribution is 6.04. The van der Waals surface area contributed by atoms with Crippen LogP contribution >= 0.6 is 0 Å². The van der Waals surface area contributed by atoms with Gasteiger partial charge < -0.3 is 9.80 Å². The van der Waals surface area contributed by atoms with E-state index >= 15 is 0 Å². The van der Waals surface area contributed by atoms with E-state index in [9.17, 15) is 9.59 Å². The van der Waals surface area contributed by atoms with Crippen molar-refractivity contribution in [2.24, 2.45) is 0 Å². The van der Waals surface area contributed by atoms with Gasteiger partial charge in [0.25, 0.3) is 5.91 Å². The highest BCUT2D eigenvalue weighted by atomic mass is 16.2. The molecule has 5 nitrogen and oxygen atoms in total. The number of urea groups is 1. The number of rotatable bonds is 4. The predicted molar refractivity (Wildman–Crippen MR) is 79.7 cm³/mol. The summed E-state index contributed by atoms with van der Waals surface area (Å²) in [5.41, 5.74) is 1.12. The molecule has 5 heteroatoms. The van der Waals surface area contributed by atoms with E-state index in [1.165, 1.54) is 4.90 Å². The Hall–Kier alpha value is -1.88. The Bertz CT molecular complexity index is 522. The summed E-state index contributed by atoms with van der Waals surface area (Å²) in [6, 6.07) is 9.71. The fraction of sp³-hybridized carbons (Fsp3) is 0.500. The first-order valence-corrected chi connectivity index (χ1v) is 7.43. The molecule has 2 aliphatic rings. The Morgan fingerprint density at radius 2 is 1.95 bits per heavy atom. The molecule has 3 rings (SSSR count). The SMILES string of the molecule is CN(C)[C@@H](CN1C(=O)[C@H]2CCCN2C1=O)c1ccccc1.